The Morgan fingerprint density at radius 2 is 2.42 bits per heavy atom. The fraction of sp³-hybridized carbons (Fsp3) is 0.182. The van der Waals surface area contributed by atoms with Gasteiger partial charge in [0.05, 0.1) is 6.61 Å². The first-order chi connectivity index (χ1) is 9.29. The van der Waals surface area contributed by atoms with E-state index in [9.17, 15) is 4.79 Å². The molecular weight excluding hydrogens is 266 g/mol. The van der Waals surface area contributed by atoms with Gasteiger partial charge in [0.15, 0.2) is 5.16 Å². The summed E-state index contributed by atoms with van der Waals surface area (Å²) >= 11 is 1.51. The van der Waals surface area contributed by atoms with E-state index in [1.165, 1.54) is 18.1 Å². The van der Waals surface area contributed by atoms with E-state index in [0.29, 0.717) is 17.9 Å². The highest BCUT2D eigenvalue weighted by Crippen LogP contribution is 2.15. The maximum atomic E-state index is 11.3. The minimum atomic E-state index is -0.346. The number of aromatic amines is 1. The van der Waals surface area contributed by atoms with Crippen LogP contribution in [0.5, 0.6) is 5.75 Å². The van der Waals surface area contributed by atoms with E-state index in [2.05, 4.69) is 20.6 Å². The highest BCUT2D eigenvalue weighted by Gasteiger charge is 2.04. The fourth-order valence-electron chi connectivity index (χ4n) is 1.37. The van der Waals surface area contributed by atoms with E-state index in [4.69, 9.17) is 10.6 Å². The van der Waals surface area contributed by atoms with Crippen LogP contribution in [0.4, 0.5) is 0 Å². The summed E-state index contributed by atoms with van der Waals surface area (Å²) < 4.78 is 5.54. The van der Waals surface area contributed by atoms with E-state index in [0.717, 1.165) is 10.9 Å². The SMILES string of the molecule is NNC(=O)c1cccc(OCCSc2ncn[nH]2)c1. The molecule has 0 bridgehead atoms. The number of hydrogen-bond acceptors (Lipinski definition) is 6. The monoisotopic (exact) mass is 279 g/mol. The van der Waals surface area contributed by atoms with Gasteiger partial charge in [-0.15, -0.1) is 0 Å². The Hall–Kier alpha value is -2.06. The number of amides is 1. The van der Waals surface area contributed by atoms with Crippen molar-refractivity contribution in [3.63, 3.8) is 0 Å². The molecule has 100 valence electrons. The Balaban J connectivity index is 1.81. The standard InChI is InChI=1S/C11H13N5O2S/c12-15-10(17)8-2-1-3-9(6-8)18-4-5-19-11-13-7-14-16-11/h1-3,6-7H,4-5,12H2,(H,15,17)(H,13,14,16). The summed E-state index contributed by atoms with van der Waals surface area (Å²) in [5.41, 5.74) is 2.54. The van der Waals surface area contributed by atoms with Gasteiger partial charge in [-0.2, -0.15) is 5.10 Å². The van der Waals surface area contributed by atoms with Gasteiger partial charge in [0.1, 0.15) is 12.1 Å². The molecule has 2 rings (SSSR count). The Morgan fingerprint density at radius 1 is 1.53 bits per heavy atom. The lowest BCUT2D eigenvalue weighted by Gasteiger charge is -2.06. The van der Waals surface area contributed by atoms with Gasteiger partial charge in [-0.25, -0.2) is 10.8 Å². The number of hydrogen-bond donors (Lipinski definition) is 3. The van der Waals surface area contributed by atoms with Crippen molar-refractivity contribution in [1.82, 2.24) is 20.6 Å². The minimum Gasteiger partial charge on any atom is -0.493 e. The Labute approximate surface area is 113 Å². The summed E-state index contributed by atoms with van der Waals surface area (Å²) in [5, 5.41) is 7.24. The van der Waals surface area contributed by atoms with Crippen LogP contribution in [0, 0.1) is 0 Å². The molecule has 1 aromatic heterocycles. The van der Waals surface area contributed by atoms with Crippen molar-refractivity contribution in [3.8, 4) is 5.75 Å². The molecule has 0 aliphatic carbocycles. The van der Waals surface area contributed by atoms with Crippen molar-refractivity contribution in [2.75, 3.05) is 12.4 Å². The predicted octanol–water partition coefficient (Wildman–Crippen LogP) is 0.579. The molecule has 0 saturated carbocycles. The average Bonchev–Trinajstić information content (AvgIpc) is 2.96. The molecular formula is C11H13N5O2S. The van der Waals surface area contributed by atoms with Crippen LogP contribution in [-0.4, -0.2) is 33.4 Å². The molecule has 2 aromatic rings. The summed E-state index contributed by atoms with van der Waals surface area (Å²) in [4.78, 5) is 15.3. The summed E-state index contributed by atoms with van der Waals surface area (Å²) in [7, 11) is 0. The summed E-state index contributed by atoms with van der Waals surface area (Å²) in [6.07, 6.45) is 1.46. The van der Waals surface area contributed by atoms with Crippen LogP contribution in [0.1, 0.15) is 10.4 Å². The Morgan fingerprint density at radius 3 is 3.16 bits per heavy atom. The van der Waals surface area contributed by atoms with E-state index >= 15 is 0 Å². The highest BCUT2D eigenvalue weighted by atomic mass is 32.2. The van der Waals surface area contributed by atoms with Crippen LogP contribution >= 0.6 is 11.8 Å². The first-order valence-corrected chi connectivity index (χ1v) is 6.50. The van der Waals surface area contributed by atoms with Crippen molar-refractivity contribution in [2.45, 2.75) is 5.16 Å². The lowest BCUT2D eigenvalue weighted by molar-refractivity contribution is 0.0953. The number of benzene rings is 1. The second kappa shape index (κ2) is 6.76. The van der Waals surface area contributed by atoms with Crippen molar-refractivity contribution in [1.29, 1.82) is 0 Å². The summed E-state index contributed by atoms with van der Waals surface area (Å²) in [6, 6.07) is 6.83. The maximum Gasteiger partial charge on any atom is 0.265 e. The molecule has 1 amide bonds. The largest absolute Gasteiger partial charge is 0.493 e. The van der Waals surface area contributed by atoms with Crippen LogP contribution in [0.25, 0.3) is 0 Å². The average molecular weight is 279 g/mol. The van der Waals surface area contributed by atoms with Crippen LogP contribution in [-0.2, 0) is 0 Å². The topological polar surface area (TPSA) is 106 Å². The van der Waals surface area contributed by atoms with E-state index in [1.54, 1.807) is 24.3 Å². The number of carbonyl (C=O) groups is 1. The fourth-order valence-corrected chi connectivity index (χ4v) is 1.97. The van der Waals surface area contributed by atoms with Crippen molar-refractivity contribution in [2.24, 2.45) is 5.84 Å². The van der Waals surface area contributed by atoms with E-state index in [1.807, 2.05) is 0 Å². The molecule has 7 nitrogen and oxygen atoms in total. The zero-order valence-electron chi connectivity index (χ0n) is 10.00. The van der Waals surface area contributed by atoms with Crippen LogP contribution in [0.2, 0.25) is 0 Å². The molecule has 0 unspecified atom stereocenters. The predicted molar refractivity (Wildman–Crippen MR) is 70.7 cm³/mol. The number of rotatable bonds is 6. The molecule has 19 heavy (non-hydrogen) atoms. The van der Waals surface area contributed by atoms with E-state index < -0.39 is 0 Å². The first kappa shape index (κ1) is 13.4. The zero-order chi connectivity index (χ0) is 13.5. The van der Waals surface area contributed by atoms with Crippen LogP contribution in [0.15, 0.2) is 35.7 Å². The number of nitrogens with one attached hydrogen (secondary N) is 2. The lowest BCUT2D eigenvalue weighted by atomic mass is 10.2. The van der Waals surface area contributed by atoms with Gasteiger partial charge in [-0.3, -0.25) is 15.3 Å². The number of nitrogens with two attached hydrogens (primary N) is 1. The molecule has 0 radical (unpaired) electrons. The Bertz CT molecular complexity index is 532. The normalized spacial score (nSPS) is 10.2. The second-order valence-corrected chi connectivity index (χ2v) is 4.57. The number of hydrazine groups is 1. The molecule has 8 heteroatoms. The van der Waals surface area contributed by atoms with Crippen molar-refractivity contribution in [3.05, 3.63) is 36.2 Å². The number of nitrogen functional groups attached to an aromatic ring is 1. The first-order valence-electron chi connectivity index (χ1n) is 5.51. The van der Waals surface area contributed by atoms with Gasteiger partial charge in [0, 0.05) is 11.3 Å². The minimum absolute atomic E-state index is 0.346. The number of ether oxygens (including phenoxy) is 1. The number of H-pyrrole nitrogens is 1. The van der Waals surface area contributed by atoms with Gasteiger partial charge in [0.2, 0.25) is 0 Å². The van der Waals surface area contributed by atoms with Gasteiger partial charge >= 0.3 is 0 Å². The molecule has 1 heterocycles. The second-order valence-electron chi connectivity index (χ2n) is 3.49. The molecule has 1 aromatic carbocycles. The molecule has 0 aliphatic rings. The van der Waals surface area contributed by atoms with Crippen molar-refractivity contribution >= 4 is 17.7 Å². The number of carbonyl (C=O) groups excluding carboxylic acids is 1. The maximum absolute atomic E-state index is 11.3. The highest BCUT2D eigenvalue weighted by molar-refractivity contribution is 7.99. The lowest BCUT2D eigenvalue weighted by Crippen LogP contribution is -2.29. The molecule has 0 saturated heterocycles. The smallest absolute Gasteiger partial charge is 0.265 e. The molecule has 0 spiro atoms. The van der Waals surface area contributed by atoms with Gasteiger partial charge in [-0.05, 0) is 18.2 Å². The van der Waals surface area contributed by atoms with Gasteiger partial charge in [-0.1, -0.05) is 17.8 Å². The quantitative estimate of drug-likeness (QED) is 0.235. The molecule has 0 atom stereocenters. The van der Waals surface area contributed by atoms with Gasteiger partial charge < -0.3 is 4.74 Å². The molecule has 4 N–H and O–H groups in total. The number of aromatic nitrogens is 3. The van der Waals surface area contributed by atoms with Gasteiger partial charge in [0.25, 0.3) is 5.91 Å². The molecule has 0 aliphatic heterocycles. The number of nitrogens with zero attached hydrogens (tertiary/aromatic N) is 2. The third kappa shape index (κ3) is 3.97. The summed E-state index contributed by atoms with van der Waals surface area (Å²) in [6.45, 7) is 0.499. The Kier molecular flexibility index (Phi) is 4.76. The summed E-state index contributed by atoms with van der Waals surface area (Å²) in [5.74, 6) is 6.07. The van der Waals surface area contributed by atoms with Crippen LogP contribution in [0.3, 0.4) is 0 Å². The van der Waals surface area contributed by atoms with Crippen LogP contribution < -0.4 is 16.0 Å². The third-order valence-electron chi connectivity index (χ3n) is 2.21. The third-order valence-corrected chi connectivity index (χ3v) is 3.05. The van der Waals surface area contributed by atoms with Crippen molar-refractivity contribution < 1.29 is 9.53 Å². The van der Waals surface area contributed by atoms with E-state index in [-0.39, 0.29) is 5.91 Å². The zero-order valence-corrected chi connectivity index (χ0v) is 10.8. The number of thioether (sulfide) groups is 1. The molecule has 0 fully saturated rings.